The van der Waals surface area contributed by atoms with Gasteiger partial charge in [-0.1, -0.05) is 11.6 Å². The summed E-state index contributed by atoms with van der Waals surface area (Å²) in [4.78, 5) is 15.8. The van der Waals surface area contributed by atoms with Crippen molar-refractivity contribution in [3.63, 3.8) is 0 Å². The van der Waals surface area contributed by atoms with Gasteiger partial charge in [0.05, 0.1) is 0 Å². The number of hydrogen-bond acceptors (Lipinski definition) is 5. The maximum atomic E-state index is 11.8. The lowest BCUT2D eigenvalue weighted by molar-refractivity contribution is -0.122. The lowest BCUT2D eigenvalue weighted by Crippen LogP contribution is -2.38. The number of aromatic nitrogens is 2. The Hall–Kier alpha value is -1.43. The van der Waals surface area contributed by atoms with Gasteiger partial charge >= 0.3 is 0 Å². The van der Waals surface area contributed by atoms with Gasteiger partial charge in [-0.25, -0.2) is 0 Å². The molecule has 0 bridgehead atoms. The van der Waals surface area contributed by atoms with Crippen molar-refractivity contribution in [2.45, 2.75) is 45.1 Å². The zero-order chi connectivity index (χ0) is 13.0. The number of nitrogens with zero attached hydrogens (tertiary/aromatic N) is 2. The van der Waals surface area contributed by atoms with Crippen LogP contribution < -0.4 is 5.32 Å². The molecule has 6 heteroatoms. The summed E-state index contributed by atoms with van der Waals surface area (Å²) in [6.45, 7) is 1.89. The van der Waals surface area contributed by atoms with E-state index in [0.717, 1.165) is 19.3 Å². The molecule has 1 aromatic heterocycles. The summed E-state index contributed by atoms with van der Waals surface area (Å²) < 4.78 is 4.95. The van der Waals surface area contributed by atoms with Crippen LogP contribution in [0.2, 0.25) is 0 Å². The first kappa shape index (κ1) is 13.0. The van der Waals surface area contributed by atoms with E-state index in [-0.39, 0.29) is 24.5 Å². The molecule has 2 rings (SSSR count). The van der Waals surface area contributed by atoms with Crippen molar-refractivity contribution in [2.75, 3.05) is 6.61 Å². The van der Waals surface area contributed by atoms with Crippen molar-refractivity contribution in [3.8, 4) is 0 Å². The Morgan fingerprint density at radius 3 is 3.06 bits per heavy atom. The van der Waals surface area contributed by atoms with Crippen molar-refractivity contribution in [1.29, 1.82) is 0 Å². The average molecular weight is 253 g/mol. The van der Waals surface area contributed by atoms with E-state index >= 15 is 0 Å². The molecule has 1 aromatic rings. The fraction of sp³-hybridized carbons (Fsp3) is 0.750. The molecule has 1 amide bonds. The maximum absolute atomic E-state index is 11.8. The number of hydrogen-bond donors (Lipinski definition) is 2. The Labute approximate surface area is 106 Å². The molecule has 1 aliphatic rings. The van der Waals surface area contributed by atoms with Crippen LogP contribution in [0.5, 0.6) is 0 Å². The van der Waals surface area contributed by atoms with Crippen LogP contribution in [0, 0.1) is 12.8 Å². The van der Waals surface area contributed by atoms with E-state index in [1.165, 1.54) is 0 Å². The number of aryl methyl sites for hydroxylation is 2. The van der Waals surface area contributed by atoms with Crippen molar-refractivity contribution >= 4 is 5.91 Å². The van der Waals surface area contributed by atoms with Crippen LogP contribution in [0.25, 0.3) is 0 Å². The quantitative estimate of drug-likeness (QED) is 0.801. The summed E-state index contributed by atoms with van der Waals surface area (Å²) in [5.74, 6) is 1.27. The molecule has 18 heavy (non-hydrogen) atoms. The monoisotopic (exact) mass is 253 g/mol. The van der Waals surface area contributed by atoms with Crippen LogP contribution in [0.3, 0.4) is 0 Å². The lowest BCUT2D eigenvalue weighted by atomic mass is 10.0. The van der Waals surface area contributed by atoms with Gasteiger partial charge in [-0.15, -0.1) is 0 Å². The van der Waals surface area contributed by atoms with E-state index in [9.17, 15) is 9.90 Å². The number of carbonyl (C=O) groups excluding carboxylic acids is 1. The molecule has 0 aliphatic heterocycles. The average Bonchev–Trinajstić information content (AvgIpc) is 2.95. The normalized spacial score (nSPS) is 23.2. The van der Waals surface area contributed by atoms with E-state index in [1.807, 2.05) is 0 Å². The van der Waals surface area contributed by atoms with E-state index in [1.54, 1.807) is 6.92 Å². The van der Waals surface area contributed by atoms with Crippen molar-refractivity contribution in [1.82, 2.24) is 15.5 Å². The lowest BCUT2D eigenvalue weighted by Gasteiger charge is -2.18. The van der Waals surface area contributed by atoms with Gasteiger partial charge in [-0.05, 0) is 19.8 Å². The Bertz CT molecular complexity index is 405. The fourth-order valence-electron chi connectivity index (χ4n) is 2.39. The molecule has 6 nitrogen and oxygen atoms in total. The Morgan fingerprint density at radius 1 is 1.56 bits per heavy atom. The SMILES string of the molecule is Cc1noc(CCC(=O)NC2CCCC2CO)n1. The third-order valence-electron chi connectivity index (χ3n) is 3.38. The number of aliphatic hydroxyl groups is 1. The summed E-state index contributed by atoms with van der Waals surface area (Å²) >= 11 is 0. The van der Waals surface area contributed by atoms with Crippen LogP contribution >= 0.6 is 0 Å². The highest BCUT2D eigenvalue weighted by Crippen LogP contribution is 2.25. The van der Waals surface area contributed by atoms with Crippen molar-refractivity contribution in [2.24, 2.45) is 5.92 Å². The smallest absolute Gasteiger partial charge is 0.227 e. The first-order chi connectivity index (χ1) is 8.69. The minimum Gasteiger partial charge on any atom is -0.396 e. The largest absolute Gasteiger partial charge is 0.396 e. The highest BCUT2D eigenvalue weighted by molar-refractivity contribution is 5.76. The van der Waals surface area contributed by atoms with Crippen molar-refractivity contribution < 1.29 is 14.4 Å². The van der Waals surface area contributed by atoms with Crippen LogP contribution in [0.1, 0.15) is 37.4 Å². The van der Waals surface area contributed by atoms with Crippen molar-refractivity contribution in [3.05, 3.63) is 11.7 Å². The molecule has 2 atom stereocenters. The Kier molecular flexibility index (Phi) is 4.30. The molecule has 1 heterocycles. The minimum atomic E-state index is -0.0174. The van der Waals surface area contributed by atoms with Gasteiger partial charge in [-0.2, -0.15) is 4.98 Å². The second-order valence-electron chi connectivity index (χ2n) is 4.78. The molecule has 0 aromatic carbocycles. The first-order valence-electron chi connectivity index (χ1n) is 6.38. The van der Waals surface area contributed by atoms with E-state index in [2.05, 4.69) is 15.5 Å². The minimum absolute atomic E-state index is 0.0174. The van der Waals surface area contributed by atoms with E-state index in [4.69, 9.17) is 4.52 Å². The molecule has 2 unspecified atom stereocenters. The van der Waals surface area contributed by atoms with Gasteiger partial charge in [0.15, 0.2) is 5.82 Å². The predicted octanol–water partition coefficient (Wildman–Crippen LogP) is 0.588. The topological polar surface area (TPSA) is 88.2 Å². The third kappa shape index (κ3) is 3.29. The van der Waals surface area contributed by atoms with Gasteiger partial charge in [-0.3, -0.25) is 4.79 Å². The van der Waals surface area contributed by atoms with Crippen LogP contribution in [-0.2, 0) is 11.2 Å². The fourth-order valence-corrected chi connectivity index (χ4v) is 2.39. The Morgan fingerprint density at radius 2 is 2.39 bits per heavy atom. The van der Waals surface area contributed by atoms with Gasteiger partial charge in [0, 0.05) is 31.4 Å². The molecule has 2 N–H and O–H groups in total. The zero-order valence-electron chi connectivity index (χ0n) is 10.6. The predicted molar refractivity (Wildman–Crippen MR) is 63.7 cm³/mol. The number of amides is 1. The second-order valence-corrected chi connectivity index (χ2v) is 4.78. The molecule has 100 valence electrons. The molecule has 0 saturated heterocycles. The van der Waals surface area contributed by atoms with Gasteiger partial charge in [0.2, 0.25) is 11.8 Å². The maximum Gasteiger partial charge on any atom is 0.227 e. The number of nitrogens with one attached hydrogen (secondary N) is 1. The highest BCUT2D eigenvalue weighted by atomic mass is 16.5. The third-order valence-corrected chi connectivity index (χ3v) is 3.38. The summed E-state index contributed by atoms with van der Waals surface area (Å²) in [6, 6.07) is 0.118. The second kappa shape index (κ2) is 5.95. The first-order valence-corrected chi connectivity index (χ1v) is 6.38. The molecule has 0 spiro atoms. The van der Waals surface area contributed by atoms with Gasteiger partial charge in [0.1, 0.15) is 0 Å². The Balaban J connectivity index is 1.75. The summed E-state index contributed by atoms with van der Waals surface area (Å²) in [6.07, 6.45) is 3.82. The molecular formula is C12H19N3O3. The molecule has 0 radical (unpaired) electrons. The summed E-state index contributed by atoms with van der Waals surface area (Å²) in [5.41, 5.74) is 0. The number of carbonyl (C=O) groups is 1. The van der Waals surface area contributed by atoms with Crippen LogP contribution in [-0.4, -0.2) is 33.8 Å². The summed E-state index contributed by atoms with van der Waals surface area (Å²) in [5, 5.41) is 15.8. The molecule has 1 saturated carbocycles. The van der Waals surface area contributed by atoms with E-state index in [0.29, 0.717) is 24.6 Å². The summed E-state index contributed by atoms with van der Waals surface area (Å²) in [7, 11) is 0. The highest BCUT2D eigenvalue weighted by Gasteiger charge is 2.27. The van der Waals surface area contributed by atoms with Crippen LogP contribution in [0.4, 0.5) is 0 Å². The van der Waals surface area contributed by atoms with Crippen LogP contribution in [0.15, 0.2) is 4.52 Å². The van der Waals surface area contributed by atoms with Gasteiger partial charge in [0.25, 0.3) is 0 Å². The number of rotatable bonds is 5. The van der Waals surface area contributed by atoms with E-state index < -0.39 is 0 Å². The standard InChI is InChI=1S/C12H19N3O3/c1-8-13-12(18-15-8)6-5-11(17)14-10-4-2-3-9(10)7-16/h9-10,16H,2-7H2,1H3,(H,14,17). The molecule has 1 fully saturated rings. The molecular weight excluding hydrogens is 234 g/mol. The van der Waals surface area contributed by atoms with Gasteiger partial charge < -0.3 is 14.9 Å². The number of aliphatic hydroxyl groups excluding tert-OH is 1. The molecule has 1 aliphatic carbocycles. The zero-order valence-corrected chi connectivity index (χ0v) is 10.6.